The monoisotopic (exact) mass is 958 g/mol. The van der Waals surface area contributed by atoms with Gasteiger partial charge in [0.1, 0.15) is 12.2 Å². The molecule has 3 aliphatic heterocycles. The molecule has 1 aromatic heterocycles. The first kappa shape index (κ1) is 49.8. The van der Waals surface area contributed by atoms with Gasteiger partial charge in [0, 0.05) is 59.3 Å². The van der Waals surface area contributed by atoms with Crippen LogP contribution >= 0.6 is 35.1 Å². The van der Waals surface area contributed by atoms with Crippen LogP contribution < -0.4 is 10.5 Å². The molecule has 4 aromatic carbocycles. The molecule has 346 valence electrons. The number of benzene rings is 4. The van der Waals surface area contributed by atoms with Gasteiger partial charge in [-0.15, -0.1) is 22.0 Å². The summed E-state index contributed by atoms with van der Waals surface area (Å²) < 4.78 is 68.8. The van der Waals surface area contributed by atoms with Gasteiger partial charge in [-0.3, -0.25) is 14.7 Å². The number of nitrogen functional groups attached to an aromatic ring is 1. The minimum Gasteiger partial charge on any atom is -0.398 e. The van der Waals surface area contributed by atoms with Crippen molar-refractivity contribution < 1.29 is 26.3 Å². The number of nitrogens with zero attached hydrogens (tertiary/aromatic N) is 6. The number of halogens is 4. The van der Waals surface area contributed by atoms with Crippen LogP contribution in [0.1, 0.15) is 43.5 Å². The van der Waals surface area contributed by atoms with E-state index < -0.39 is 27.3 Å². The summed E-state index contributed by atoms with van der Waals surface area (Å²) in [7, 11) is -2.61. The molecule has 64 heavy (non-hydrogen) atoms. The van der Waals surface area contributed by atoms with Crippen molar-refractivity contribution in [2.75, 3.05) is 71.0 Å². The van der Waals surface area contributed by atoms with Crippen LogP contribution in [0.2, 0.25) is 5.02 Å². The summed E-state index contributed by atoms with van der Waals surface area (Å²) in [4.78, 5) is 8.54. The van der Waals surface area contributed by atoms with E-state index in [2.05, 4.69) is 96.2 Å². The largest absolute Gasteiger partial charge is 0.446 e. The maximum Gasteiger partial charge on any atom is 0.446 e. The van der Waals surface area contributed by atoms with Crippen molar-refractivity contribution in [3.63, 3.8) is 0 Å². The summed E-state index contributed by atoms with van der Waals surface area (Å²) in [5, 5.41) is 9.15. The van der Waals surface area contributed by atoms with Gasteiger partial charge in [-0.25, -0.2) is 13.1 Å². The molecular formula is C46H58ClF3N8O3S3. The molecule has 0 saturated carbocycles. The highest BCUT2D eigenvalue weighted by atomic mass is 35.5. The third-order valence-corrected chi connectivity index (χ3v) is 14.9. The van der Waals surface area contributed by atoms with Crippen LogP contribution in [-0.2, 0) is 34.4 Å². The number of ether oxygens (including phenoxy) is 1. The Morgan fingerprint density at radius 1 is 0.875 bits per heavy atom. The third kappa shape index (κ3) is 15.8. The molecule has 11 nitrogen and oxygen atoms in total. The number of rotatable bonds is 13. The van der Waals surface area contributed by atoms with E-state index in [4.69, 9.17) is 22.1 Å². The number of likely N-dealkylation sites (tertiary alicyclic amines) is 1. The van der Waals surface area contributed by atoms with E-state index >= 15 is 0 Å². The van der Waals surface area contributed by atoms with Crippen LogP contribution in [0.3, 0.4) is 0 Å². The van der Waals surface area contributed by atoms with Gasteiger partial charge in [0.05, 0.1) is 24.7 Å². The normalized spacial score (nSPS) is 17.6. The van der Waals surface area contributed by atoms with Gasteiger partial charge in [0.25, 0.3) is 0 Å². The van der Waals surface area contributed by atoms with E-state index in [-0.39, 0.29) is 15.5 Å². The summed E-state index contributed by atoms with van der Waals surface area (Å²) in [6, 6.07) is 31.4. The highest BCUT2D eigenvalue weighted by molar-refractivity contribution is 8.00. The number of nitrogens with two attached hydrogens (primary N) is 1. The first-order valence-electron chi connectivity index (χ1n) is 21.6. The summed E-state index contributed by atoms with van der Waals surface area (Å²) in [5.41, 5.74) is 4.64. The lowest BCUT2D eigenvalue weighted by Crippen LogP contribution is -2.41. The Hall–Kier alpha value is -3.65. The summed E-state index contributed by atoms with van der Waals surface area (Å²) in [6.07, 6.45) is 8.20. The Balaban J connectivity index is 0.000000172. The van der Waals surface area contributed by atoms with E-state index in [1.807, 2.05) is 34.9 Å². The maximum atomic E-state index is 12.2. The maximum absolute atomic E-state index is 12.2. The minimum absolute atomic E-state index is 0.123. The van der Waals surface area contributed by atoms with E-state index in [9.17, 15) is 21.6 Å². The van der Waals surface area contributed by atoms with E-state index in [1.54, 1.807) is 0 Å². The topological polar surface area (TPSA) is 122 Å². The second-order valence-corrected chi connectivity index (χ2v) is 20.3. The molecule has 0 spiro atoms. The summed E-state index contributed by atoms with van der Waals surface area (Å²) >= 11 is 7.61. The molecular weight excluding hydrogens is 901 g/mol. The van der Waals surface area contributed by atoms with Crippen LogP contribution in [0, 0.1) is 0 Å². The van der Waals surface area contributed by atoms with E-state index in [0.717, 1.165) is 94.6 Å². The summed E-state index contributed by atoms with van der Waals surface area (Å²) in [6.45, 7) is 11.7. The fraction of sp³-hybridized carbons (Fsp3) is 0.435. The number of sulfonamides is 1. The number of aromatic nitrogens is 3. The zero-order valence-electron chi connectivity index (χ0n) is 36.1. The van der Waals surface area contributed by atoms with Crippen molar-refractivity contribution >= 4 is 50.8 Å². The second kappa shape index (κ2) is 24.8. The summed E-state index contributed by atoms with van der Waals surface area (Å²) in [5.74, 6) is 2.34. The fourth-order valence-corrected chi connectivity index (χ4v) is 10.4. The van der Waals surface area contributed by atoms with Crippen molar-refractivity contribution in [1.29, 1.82) is 0 Å². The van der Waals surface area contributed by atoms with Crippen molar-refractivity contribution in [3.05, 3.63) is 120 Å². The molecule has 5 aromatic rings. The Bertz CT molecular complexity index is 2290. The van der Waals surface area contributed by atoms with Gasteiger partial charge >= 0.3 is 5.51 Å². The van der Waals surface area contributed by atoms with E-state index in [1.165, 1.54) is 73.0 Å². The van der Waals surface area contributed by atoms with Gasteiger partial charge in [0.15, 0.2) is 0 Å². The van der Waals surface area contributed by atoms with Gasteiger partial charge in [-0.1, -0.05) is 66.2 Å². The Morgan fingerprint density at radius 2 is 1.62 bits per heavy atom. The highest BCUT2D eigenvalue weighted by Crippen LogP contribution is 2.40. The number of anilines is 1. The molecule has 0 amide bonds. The van der Waals surface area contributed by atoms with Crippen LogP contribution in [-0.4, -0.2) is 115 Å². The number of nitrogens with one attached hydrogen (secondary N) is 1. The number of unbranched alkanes of at least 4 members (excludes halogenated alkanes) is 1. The molecule has 3 N–H and O–H groups in total. The van der Waals surface area contributed by atoms with Crippen molar-refractivity contribution in [2.24, 2.45) is 0 Å². The van der Waals surface area contributed by atoms with Gasteiger partial charge in [-0.05, 0) is 135 Å². The third-order valence-electron chi connectivity index (χ3n) is 11.3. The number of hydrogen-bond donors (Lipinski definition) is 2. The first-order valence-corrected chi connectivity index (χ1v) is 25.3. The number of hydrogen-bond acceptors (Lipinski definition) is 11. The highest BCUT2D eigenvalue weighted by Gasteiger charge is 2.31. The van der Waals surface area contributed by atoms with E-state index in [0.29, 0.717) is 6.04 Å². The van der Waals surface area contributed by atoms with Crippen LogP contribution in [0.25, 0.3) is 11.1 Å². The Labute approximate surface area is 389 Å². The molecule has 2 saturated heterocycles. The lowest BCUT2D eigenvalue weighted by atomic mass is 9.99. The molecule has 18 heteroatoms. The number of alkyl halides is 3. The molecule has 0 aliphatic carbocycles. The average Bonchev–Trinajstić information content (AvgIpc) is 3.65. The molecule has 0 radical (unpaired) electrons. The average molecular weight is 960 g/mol. The SMILES string of the molecule is CNS(=O)(=O)c1ccc(N)c(SC(F)(F)F)c1.Clc1ccc(-c2ccccc2CN2CCCC(N3CCn4cnnc4C3)CC2)cc1.c1ccc(SCCCCN2CCOCC2)cc1. The minimum atomic E-state index is -4.52. The second-order valence-electron chi connectivity index (χ2n) is 15.7. The zero-order chi connectivity index (χ0) is 45.4. The molecule has 2 fully saturated rings. The van der Waals surface area contributed by atoms with Crippen molar-refractivity contribution in [1.82, 2.24) is 34.2 Å². The van der Waals surface area contributed by atoms with Crippen LogP contribution in [0.15, 0.2) is 118 Å². The van der Waals surface area contributed by atoms with Gasteiger partial charge in [0.2, 0.25) is 10.0 Å². The first-order chi connectivity index (χ1) is 30.9. The molecule has 3 aliphatic rings. The van der Waals surface area contributed by atoms with Crippen molar-refractivity contribution in [2.45, 2.75) is 78.0 Å². The van der Waals surface area contributed by atoms with Crippen LogP contribution in [0.4, 0.5) is 18.9 Å². The smallest absolute Gasteiger partial charge is 0.398 e. The van der Waals surface area contributed by atoms with Gasteiger partial charge in [-0.2, -0.15) is 13.2 Å². The predicted molar refractivity (Wildman–Crippen MR) is 253 cm³/mol. The molecule has 8 rings (SSSR count). The zero-order valence-corrected chi connectivity index (χ0v) is 39.3. The Morgan fingerprint density at radius 3 is 2.38 bits per heavy atom. The molecule has 1 atom stereocenters. The lowest BCUT2D eigenvalue weighted by Gasteiger charge is -2.34. The quantitative estimate of drug-likeness (QED) is 0.0668. The number of morpholine rings is 1. The lowest BCUT2D eigenvalue weighted by molar-refractivity contribution is -0.0328. The fourth-order valence-electron chi connectivity index (χ4n) is 7.85. The van der Waals surface area contributed by atoms with Crippen molar-refractivity contribution in [3.8, 4) is 11.1 Å². The van der Waals surface area contributed by atoms with Gasteiger partial charge < -0.3 is 15.0 Å². The number of thioether (sulfide) groups is 2. The predicted octanol–water partition coefficient (Wildman–Crippen LogP) is 9.15. The molecule has 1 unspecified atom stereocenters. The Kier molecular flexibility index (Phi) is 19.3. The molecule has 0 bridgehead atoms. The van der Waals surface area contributed by atoms with Crippen LogP contribution in [0.5, 0.6) is 0 Å². The standard InChI is InChI=1S/C24H28ClN5.C14H21NOS.C8H9F3N2O2S2/c25-21-9-7-19(8-10-21)23-6-2-1-4-20(23)16-28-12-3-5-22(11-13-28)29-14-15-30-18-26-27-24(30)17-29;1-2-6-14(7-3-1)17-13-5-4-8-15-9-11-16-12-10-15;1-13-17(14,15)5-2-3-6(12)7(4-5)16-8(9,10)11/h1-2,4,6-10,18,22H,3,5,11-17H2;1-3,6-7H,4-5,8-13H2;2-4,13H,12H2,1H3. The molecule has 4 heterocycles. The number of fused-ring (bicyclic) bond motifs is 1.